The molecule has 6 nitrogen and oxygen atoms in total. The standard InChI is InChI=1S/C16H19N3O3S/c1-19-13-5-4-10(17)8-11(13)14-15(16(19)20)23(21,22)7-6-12(18-14)9-2-3-9/h4-5,8-9,12,18H,2-3,6-7,17H2,1H3. The van der Waals surface area contributed by atoms with Gasteiger partial charge in [-0.2, -0.15) is 0 Å². The first kappa shape index (κ1) is 14.6. The van der Waals surface area contributed by atoms with Crippen molar-refractivity contribution < 1.29 is 8.42 Å². The number of aromatic nitrogens is 1. The number of nitrogens with two attached hydrogens (primary N) is 1. The lowest BCUT2D eigenvalue weighted by atomic mass is 10.1. The first-order valence-electron chi connectivity index (χ1n) is 7.80. The van der Waals surface area contributed by atoms with Crippen LogP contribution in [0.3, 0.4) is 0 Å². The van der Waals surface area contributed by atoms with Crippen LogP contribution in [0.2, 0.25) is 0 Å². The van der Waals surface area contributed by atoms with Gasteiger partial charge in [0.2, 0.25) is 0 Å². The molecular formula is C16H19N3O3S. The SMILES string of the molecule is Cn1c(=O)c2c(c3cc(N)ccc31)NC(C1CC1)CCS2(=O)=O. The number of sulfone groups is 1. The fourth-order valence-corrected chi connectivity index (χ4v) is 5.11. The smallest absolute Gasteiger partial charge is 0.271 e. The van der Waals surface area contributed by atoms with Gasteiger partial charge >= 0.3 is 0 Å². The highest BCUT2D eigenvalue weighted by Crippen LogP contribution is 2.40. The van der Waals surface area contributed by atoms with E-state index in [1.807, 2.05) is 0 Å². The van der Waals surface area contributed by atoms with Crippen molar-refractivity contribution in [1.29, 1.82) is 0 Å². The number of pyridine rings is 1. The molecule has 0 bridgehead atoms. The highest BCUT2D eigenvalue weighted by Gasteiger charge is 2.38. The lowest BCUT2D eigenvalue weighted by molar-refractivity contribution is 0.581. The van der Waals surface area contributed by atoms with E-state index < -0.39 is 15.4 Å². The number of anilines is 2. The number of fused-ring (bicyclic) bond motifs is 3. The van der Waals surface area contributed by atoms with Crippen LogP contribution in [0.25, 0.3) is 10.9 Å². The highest BCUT2D eigenvalue weighted by molar-refractivity contribution is 7.91. The monoisotopic (exact) mass is 333 g/mol. The first-order chi connectivity index (χ1) is 10.9. The first-order valence-corrected chi connectivity index (χ1v) is 9.45. The van der Waals surface area contributed by atoms with Crippen LogP contribution in [0.15, 0.2) is 27.9 Å². The molecular weight excluding hydrogens is 314 g/mol. The highest BCUT2D eigenvalue weighted by atomic mass is 32.2. The Morgan fingerprint density at radius 1 is 1.26 bits per heavy atom. The van der Waals surface area contributed by atoms with E-state index in [1.54, 1.807) is 25.2 Å². The third-order valence-electron chi connectivity index (χ3n) is 4.91. The summed E-state index contributed by atoms with van der Waals surface area (Å²) in [6.45, 7) is 0. The molecule has 2 heterocycles. The van der Waals surface area contributed by atoms with Crippen molar-refractivity contribution in [3.05, 3.63) is 28.6 Å². The Morgan fingerprint density at radius 3 is 2.70 bits per heavy atom. The van der Waals surface area contributed by atoms with Gasteiger partial charge in [-0.3, -0.25) is 4.79 Å². The minimum absolute atomic E-state index is 0.0111. The fourth-order valence-electron chi connectivity index (χ4n) is 3.46. The summed E-state index contributed by atoms with van der Waals surface area (Å²) in [4.78, 5) is 12.6. The molecule has 0 spiro atoms. The molecule has 0 saturated heterocycles. The number of nitrogens with one attached hydrogen (secondary N) is 1. The molecule has 0 amide bonds. The van der Waals surface area contributed by atoms with Gasteiger partial charge in [0, 0.05) is 24.2 Å². The lowest BCUT2D eigenvalue weighted by Crippen LogP contribution is -2.26. The minimum atomic E-state index is -3.61. The second-order valence-electron chi connectivity index (χ2n) is 6.54. The molecule has 1 unspecified atom stereocenters. The molecule has 1 atom stereocenters. The van der Waals surface area contributed by atoms with Crippen molar-refractivity contribution in [3.63, 3.8) is 0 Å². The van der Waals surface area contributed by atoms with Gasteiger partial charge in [0.25, 0.3) is 5.56 Å². The van der Waals surface area contributed by atoms with Crippen LogP contribution >= 0.6 is 0 Å². The predicted octanol–water partition coefficient (Wildman–Crippen LogP) is 1.49. The number of hydrogen-bond donors (Lipinski definition) is 2. The summed E-state index contributed by atoms with van der Waals surface area (Å²) in [5, 5.41) is 4.06. The third-order valence-corrected chi connectivity index (χ3v) is 6.68. The Hall–Kier alpha value is -2.02. The number of aryl methyl sites for hydroxylation is 1. The zero-order chi connectivity index (χ0) is 16.4. The van der Waals surface area contributed by atoms with Crippen LogP contribution in [-0.2, 0) is 16.9 Å². The van der Waals surface area contributed by atoms with Gasteiger partial charge in [-0.15, -0.1) is 0 Å². The third kappa shape index (κ3) is 2.22. The van der Waals surface area contributed by atoms with E-state index >= 15 is 0 Å². The number of nitrogens with zero attached hydrogens (tertiary/aromatic N) is 1. The Morgan fingerprint density at radius 2 is 2.00 bits per heavy atom. The number of nitrogen functional groups attached to an aromatic ring is 1. The van der Waals surface area contributed by atoms with E-state index in [0.29, 0.717) is 34.6 Å². The molecule has 7 heteroatoms. The number of hydrogen-bond acceptors (Lipinski definition) is 5. The average Bonchev–Trinajstić information content (AvgIpc) is 3.32. The topological polar surface area (TPSA) is 94.2 Å². The van der Waals surface area contributed by atoms with Gasteiger partial charge in [-0.1, -0.05) is 0 Å². The largest absolute Gasteiger partial charge is 0.399 e. The molecule has 1 fully saturated rings. The normalized spacial score (nSPS) is 23.1. The van der Waals surface area contributed by atoms with Crippen molar-refractivity contribution in [2.75, 3.05) is 16.8 Å². The van der Waals surface area contributed by atoms with E-state index in [2.05, 4.69) is 5.32 Å². The van der Waals surface area contributed by atoms with Gasteiger partial charge in [-0.25, -0.2) is 8.42 Å². The molecule has 0 radical (unpaired) electrons. The Balaban J connectivity index is 2.10. The summed E-state index contributed by atoms with van der Waals surface area (Å²) in [6, 6.07) is 5.32. The Labute approximate surface area is 134 Å². The molecule has 122 valence electrons. The molecule has 2 aliphatic rings. The van der Waals surface area contributed by atoms with Gasteiger partial charge in [-0.05, 0) is 43.4 Å². The van der Waals surface area contributed by atoms with E-state index in [4.69, 9.17) is 5.73 Å². The maximum Gasteiger partial charge on any atom is 0.271 e. The summed E-state index contributed by atoms with van der Waals surface area (Å²) >= 11 is 0. The quantitative estimate of drug-likeness (QED) is 0.771. The zero-order valence-corrected chi connectivity index (χ0v) is 13.7. The second-order valence-corrected chi connectivity index (χ2v) is 8.59. The van der Waals surface area contributed by atoms with Crippen LogP contribution in [0.1, 0.15) is 19.3 Å². The van der Waals surface area contributed by atoms with Gasteiger partial charge < -0.3 is 15.6 Å². The fraction of sp³-hybridized carbons (Fsp3) is 0.438. The Bertz CT molecular complexity index is 974. The number of rotatable bonds is 1. The molecule has 1 aromatic carbocycles. The maximum atomic E-state index is 12.7. The predicted molar refractivity (Wildman–Crippen MR) is 90.4 cm³/mol. The Kier molecular flexibility index (Phi) is 3.00. The molecule has 3 N–H and O–H groups in total. The van der Waals surface area contributed by atoms with Crippen LogP contribution in [0.4, 0.5) is 11.4 Å². The van der Waals surface area contributed by atoms with E-state index in [0.717, 1.165) is 12.8 Å². The summed E-state index contributed by atoms with van der Waals surface area (Å²) < 4.78 is 26.8. The van der Waals surface area contributed by atoms with Crippen molar-refractivity contribution in [2.24, 2.45) is 13.0 Å². The maximum absolute atomic E-state index is 12.7. The van der Waals surface area contributed by atoms with Crippen molar-refractivity contribution >= 4 is 32.1 Å². The molecule has 1 aliphatic carbocycles. The molecule has 4 rings (SSSR count). The lowest BCUT2D eigenvalue weighted by Gasteiger charge is -2.19. The van der Waals surface area contributed by atoms with Gasteiger partial charge in [0.05, 0.1) is 17.0 Å². The van der Waals surface area contributed by atoms with E-state index in [-0.39, 0.29) is 16.7 Å². The van der Waals surface area contributed by atoms with E-state index in [9.17, 15) is 13.2 Å². The average molecular weight is 333 g/mol. The van der Waals surface area contributed by atoms with Crippen molar-refractivity contribution in [2.45, 2.75) is 30.2 Å². The minimum Gasteiger partial charge on any atom is -0.399 e. The van der Waals surface area contributed by atoms with Crippen LogP contribution < -0.4 is 16.6 Å². The van der Waals surface area contributed by atoms with Crippen LogP contribution in [0.5, 0.6) is 0 Å². The second kappa shape index (κ2) is 4.74. The molecule has 1 aromatic heterocycles. The van der Waals surface area contributed by atoms with Crippen LogP contribution in [0, 0.1) is 5.92 Å². The molecule has 1 saturated carbocycles. The molecule has 1 aliphatic heterocycles. The molecule has 23 heavy (non-hydrogen) atoms. The van der Waals surface area contributed by atoms with Crippen LogP contribution in [-0.4, -0.2) is 24.8 Å². The van der Waals surface area contributed by atoms with Gasteiger partial charge in [0.1, 0.15) is 0 Å². The van der Waals surface area contributed by atoms with Crippen molar-refractivity contribution in [1.82, 2.24) is 4.57 Å². The zero-order valence-electron chi connectivity index (χ0n) is 12.9. The summed E-state index contributed by atoms with van der Waals surface area (Å²) in [5.74, 6) is 0.508. The summed E-state index contributed by atoms with van der Waals surface area (Å²) in [7, 11) is -2.01. The number of benzene rings is 1. The molecule has 2 aromatic rings. The van der Waals surface area contributed by atoms with Crippen molar-refractivity contribution in [3.8, 4) is 0 Å². The van der Waals surface area contributed by atoms with Gasteiger partial charge in [0.15, 0.2) is 14.7 Å². The summed E-state index contributed by atoms with van der Waals surface area (Å²) in [5.41, 5.74) is 7.09. The summed E-state index contributed by atoms with van der Waals surface area (Å²) in [6.07, 6.45) is 2.75. The van der Waals surface area contributed by atoms with E-state index in [1.165, 1.54) is 4.57 Å².